The van der Waals surface area contributed by atoms with Crippen LogP contribution in [0.4, 0.5) is 11.6 Å². The number of amides is 2. The number of nitrogens with two attached hydrogens (primary N) is 1. The van der Waals surface area contributed by atoms with Crippen molar-refractivity contribution in [2.45, 2.75) is 6.92 Å². The van der Waals surface area contributed by atoms with Gasteiger partial charge in [-0.1, -0.05) is 17.7 Å². The second-order valence-corrected chi connectivity index (χ2v) is 8.52. The Bertz CT molecular complexity index is 1400. The number of benzene rings is 2. The lowest BCUT2D eigenvalue weighted by Crippen LogP contribution is -2.43. The average Bonchev–Trinajstić information content (AvgIpc) is 3.44. The van der Waals surface area contributed by atoms with Crippen molar-refractivity contribution in [3.05, 3.63) is 64.7 Å². The fourth-order valence-electron chi connectivity index (χ4n) is 4.11. The summed E-state index contributed by atoms with van der Waals surface area (Å²) in [5.41, 5.74) is 9.40. The van der Waals surface area contributed by atoms with E-state index in [1.807, 2.05) is 31.2 Å². The average molecular weight is 479 g/mol. The number of hydrogen-bond donors (Lipinski definition) is 4. The predicted octanol–water partition coefficient (Wildman–Crippen LogP) is 2.47. The molecule has 10 nitrogen and oxygen atoms in total. The monoisotopic (exact) mass is 478 g/mol. The maximum Gasteiger partial charge on any atom is 0.277 e. The first kappa shape index (κ1) is 21.9. The lowest BCUT2D eigenvalue weighted by Gasteiger charge is -2.29. The van der Waals surface area contributed by atoms with E-state index in [-0.39, 0.29) is 17.3 Å². The fourth-order valence-corrected chi connectivity index (χ4v) is 4.28. The lowest BCUT2D eigenvalue weighted by molar-refractivity contribution is 0.0970. The van der Waals surface area contributed by atoms with Crippen LogP contribution in [0.1, 0.15) is 26.5 Å². The van der Waals surface area contributed by atoms with Gasteiger partial charge in [-0.05, 0) is 42.8 Å². The largest absolute Gasteiger partial charge is 0.369 e. The highest BCUT2D eigenvalue weighted by Crippen LogP contribution is 2.25. The maximum atomic E-state index is 13.3. The van der Waals surface area contributed by atoms with Crippen LogP contribution in [0.5, 0.6) is 0 Å². The van der Waals surface area contributed by atoms with Crippen LogP contribution in [0, 0.1) is 6.92 Å². The van der Waals surface area contributed by atoms with Crippen LogP contribution < -0.4 is 21.3 Å². The SMILES string of the molecule is Cc1ccc(Cl)cc1-n1cnc(C(N)=O)c1C(=O)Nc1nc2ccc(N3CCNCC3)cc2[nH]1. The Morgan fingerprint density at radius 2 is 1.94 bits per heavy atom. The molecule has 2 amide bonds. The highest BCUT2D eigenvalue weighted by atomic mass is 35.5. The summed E-state index contributed by atoms with van der Waals surface area (Å²) in [5.74, 6) is -1.13. The highest BCUT2D eigenvalue weighted by molar-refractivity contribution is 6.30. The molecule has 0 saturated carbocycles. The van der Waals surface area contributed by atoms with Gasteiger partial charge < -0.3 is 20.9 Å². The van der Waals surface area contributed by atoms with Gasteiger partial charge >= 0.3 is 0 Å². The molecule has 0 radical (unpaired) electrons. The summed E-state index contributed by atoms with van der Waals surface area (Å²) in [5, 5.41) is 6.57. The smallest absolute Gasteiger partial charge is 0.277 e. The molecule has 0 aliphatic carbocycles. The summed E-state index contributed by atoms with van der Waals surface area (Å²) >= 11 is 6.16. The van der Waals surface area contributed by atoms with Crippen molar-refractivity contribution < 1.29 is 9.59 Å². The van der Waals surface area contributed by atoms with Crippen LogP contribution in [0.15, 0.2) is 42.7 Å². The van der Waals surface area contributed by atoms with Crippen molar-refractivity contribution >= 4 is 46.1 Å². The molecule has 34 heavy (non-hydrogen) atoms. The van der Waals surface area contributed by atoms with E-state index in [1.54, 1.807) is 12.1 Å². The normalized spacial score (nSPS) is 13.9. The van der Waals surface area contributed by atoms with Gasteiger partial charge in [0.1, 0.15) is 12.0 Å². The number of nitrogens with zero attached hydrogens (tertiary/aromatic N) is 4. The molecule has 4 aromatic rings. The summed E-state index contributed by atoms with van der Waals surface area (Å²) < 4.78 is 1.50. The van der Waals surface area contributed by atoms with Crippen LogP contribution in [0.3, 0.4) is 0 Å². The Balaban J connectivity index is 1.47. The number of halogens is 1. The second kappa shape index (κ2) is 8.81. The molecule has 2 aromatic heterocycles. The molecule has 174 valence electrons. The summed E-state index contributed by atoms with van der Waals surface area (Å²) in [6, 6.07) is 11.2. The lowest BCUT2D eigenvalue weighted by atomic mass is 10.2. The number of primary amides is 1. The third-order valence-electron chi connectivity index (χ3n) is 5.83. The van der Waals surface area contributed by atoms with E-state index < -0.39 is 11.8 Å². The van der Waals surface area contributed by atoms with E-state index in [1.165, 1.54) is 10.9 Å². The first-order chi connectivity index (χ1) is 16.4. The quantitative estimate of drug-likeness (QED) is 0.348. The van der Waals surface area contributed by atoms with Crippen LogP contribution in [-0.2, 0) is 0 Å². The molecule has 0 unspecified atom stereocenters. The number of aromatic nitrogens is 4. The molecule has 0 spiro atoms. The Morgan fingerprint density at radius 1 is 1.15 bits per heavy atom. The van der Waals surface area contributed by atoms with Gasteiger partial charge in [-0.2, -0.15) is 0 Å². The molecule has 11 heteroatoms. The van der Waals surface area contributed by atoms with Crippen LogP contribution >= 0.6 is 11.6 Å². The first-order valence-electron chi connectivity index (χ1n) is 10.8. The first-order valence-corrected chi connectivity index (χ1v) is 11.2. The molecule has 0 atom stereocenters. The summed E-state index contributed by atoms with van der Waals surface area (Å²) in [4.78, 5) is 39.3. The van der Waals surface area contributed by atoms with Gasteiger partial charge in [0, 0.05) is 36.9 Å². The standard InChI is InChI=1S/C23H23ClN8O2/c1-13-2-3-14(24)10-18(13)32-12-27-19(21(25)33)20(32)22(34)30-23-28-16-5-4-15(11-17(16)29-23)31-8-6-26-7-9-31/h2-5,10-12,26H,6-9H2,1H3,(H2,25,33)(H2,28,29,30,34). The zero-order valence-corrected chi connectivity index (χ0v) is 19.2. The van der Waals surface area contributed by atoms with E-state index in [2.05, 4.69) is 30.5 Å². The van der Waals surface area contributed by atoms with Gasteiger partial charge in [-0.25, -0.2) is 9.97 Å². The van der Waals surface area contributed by atoms with Crippen LogP contribution in [-0.4, -0.2) is 57.5 Å². The number of aryl methyl sites for hydroxylation is 1. The molecule has 2 aromatic carbocycles. The molecule has 1 fully saturated rings. The van der Waals surface area contributed by atoms with Crippen molar-refractivity contribution in [3.8, 4) is 5.69 Å². The minimum Gasteiger partial charge on any atom is -0.369 e. The molecule has 1 aliphatic heterocycles. The van der Waals surface area contributed by atoms with Crippen molar-refractivity contribution in [3.63, 3.8) is 0 Å². The van der Waals surface area contributed by atoms with Gasteiger partial charge in [-0.15, -0.1) is 0 Å². The maximum absolute atomic E-state index is 13.3. The molecule has 0 bridgehead atoms. The topological polar surface area (TPSA) is 134 Å². The highest BCUT2D eigenvalue weighted by Gasteiger charge is 2.25. The minimum atomic E-state index is -0.811. The van der Waals surface area contributed by atoms with Gasteiger partial charge in [0.2, 0.25) is 5.95 Å². The molecule has 3 heterocycles. The molecule has 1 aliphatic rings. The second-order valence-electron chi connectivity index (χ2n) is 8.08. The van der Waals surface area contributed by atoms with E-state index in [4.69, 9.17) is 17.3 Å². The number of anilines is 2. The molecule has 1 saturated heterocycles. The fraction of sp³-hybridized carbons (Fsp3) is 0.217. The Morgan fingerprint density at radius 3 is 2.71 bits per heavy atom. The number of piperazine rings is 1. The number of nitrogens with one attached hydrogen (secondary N) is 3. The minimum absolute atomic E-state index is 0.000159. The molecular formula is C23H23ClN8O2. The summed E-state index contributed by atoms with van der Waals surface area (Å²) in [6.45, 7) is 5.58. The number of imidazole rings is 2. The number of hydrogen-bond acceptors (Lipinski definition) is 6. The summed E-state index contributed by atoms with van der Waals surface area (Å²) in [7, 11) is 0. The number of carbonyl (C=O) groups is 2. The predicted molar refractivity (Wildman–Crippen MR) is 131 cm³/mol. The van der Waals surface area contributed by atoms with E-state index >= 15 is 0 Å². The molecule has 5 rings (SSSR count). The van der Waals surface area contributed by atoms with Crippen molar-refractivity contribution in [1.29, 1.82) is 0 Å². The van der Waals surface area contributed by atoms with Crippen molar-refractivity contribution in [2.24, 2.45) is 5.73 Å². The number of fused-ring (bicyclic) bond motifs is 1. The number of rotatable bonds is 5. The van der Waals surface area contributed by atoms with E-state index in [0.29, 0.717) is 16.2 Å². The van der Waals surface area contributed by atoms with Gasteiger partial charge in [-0.3, -0.25) is 19.5 Å². The third kappa shape index (κ3) is 4.09. The van der Waals surface area contributed by atoms with Crippen molar-refractivity contribution in [2.75, 3.05) is 36.4 Å². The molecule has 5 N–H and O–H groups in total. The summed E-state index contributed by atoms with van der Waals surface area (Å²) in [6.07, 6.45) is 1.38. The number of H-pyrrole nitrogens is 1. The van der Waals surface area contributed by atoms with Crippen molar-refractivity contribution in [1.82, 2.24) is 24.8 Å². The zero-order valence-electron chi connectivity index (χ0n) is 18.4. The third-order valence-corrected chi connectivity index (χ3v) is 6.06. The van der Waals surface area contributed by atoms with Crippen LogP contribution in [0.2, 0.25) is 5.02 Å². The Labute approximate surface area is 200 Å². The van der Waals surface area contributed by atoms with E-state index in [9.17, 15) is 9.59 Å². The Kier molecular flexibility index (Phi) is 5.68. The van der Waals surface area contributed by atoms with Gasteiger partial charge in [0.25, 0.3) is 11.8 Å². The number of aromatic amines is 1. The Hall–Kier alpha value is -3.89. The van der Waals surface area contributed by atoms with Gasteiger partial charge in [0.15, 0.2) is 5.69 Å². The molecular weight excluding hydrogens is 456 g/mol. The van der Waals surface area contributed by atoms with Gasteiger partial charge in [0.05, 0.1) is 16.7 Å². The van der Waals surface area contributed by atoms with Crippen LogP contribution in [0.25, 0.3) is 16.7 Å². The number of carbonyl (C=O) groups excluding carboxylic acids is 2. The zero-order chi connectivity index (χ0) is 23.8. The van der Waals surface area contributed by atoms with E-state index in [0.717, 1.165) is 42.9 Å².